The molecular formula is C13H12N2. The third-order valence-electron chi connectivity index (χ3n) is 2.67. The van der Waals surface area contributed by atoms with Gasteiger partial charge in [0.1, 0.15) is 0 Å². The van der Waals surface area contributed by atoms with E-state index in [4.69, 9.17) is 11.0 Å². The van der Waals surface area contributed by atoms with E-state index in [0.29, 0.717) is 5.56 Å². The zero-order chi connectivity index (χ0) is 10.8. The summed E-state index contributed by atoms with van der Waals surface area (Å²) < 4.78 is 0. The predicted molar refractivity (Wildman–Crippen MR) is 62.5 cm³/mol. The fraction of sp³-hybridized carbons (Fsp3) is 0.154. The van der Waals surface area contributed by atoms with Gasteiger partial charge in [0.2, 0.25) is 0 Å². The monoisotopic (exact) mass is 196 g/mol. The quantitative estimate of drug-likeness (QED) is 0.713. The van der Waals surface area contributed by atoms with Crippen molar-refractivity contribution >= 4 is 16.5 Å². The Balaban J connectivity index is 2.92. The Morgan fingerprint density at radius 2 is 1.93 bits per heavy atom. The van der Waals surface area contributed by atoms with Crippen molar-refractivity contribution < 1.29 is 0 Å². The molecule has 0 bridgehead atoms. The largest absolute Gasteiger partial charge is 0.398 e. The average molecular weight is 196 g/mol. The van der Waals surface area contributed by atoms with Gasteiger partial charge in [-0.15, -0.1) is 0 Å². The second kappa shape index (κ2) is 3.62. The van der Waals surface area contributed by atoms with Crippen LogP contribution in [0.4, 0.5) is 5.69 Å². The number of fused-ring (bicyclic) bond motifs is 1. The van der Waals surface area contributed by atoms with E-state index in [0.717, 1.165) is 28.4 Å². The number of nitrogen functional groups attached to an aromatic ring is 1. The van der Waals surface area contributed by atoms with Gasteiger partial charge in [0.25, 0.3) is 0 Å². The summed E-state index contributed by atoms with van der Waals surface area (Å²) in [6, 6.07) is 11.9. The lowest BCUT2D eigenvalue weighted by Crippen LogP contribution is -1.96. The molecule has 2 aromatic carbocycles. The highest BCUT2D eigenvalue weighted by atomic mass is 14.6. The lowest BCUT2D eigenvalue weighted by molar-refractivity contribution is 1.15. The van der Waals surface area contributed by atoms with Crippen LogP contribution in [0.2, 0.25) is 0 Å². The van der Waals surface area contributed by atoms with Gasteiger partial charge in [0.05, 0.1) is 11.6 Å². The molecule has 15 heavy (non-hydrogen) atoms. The van der Waals surface area contributed by atoms with E-state index < -0.39 is 0 Å². The van der Waals surface area contributed by atoms with Gasteiger partial charge in [-0.3, -0.25) is 0 Å². The van der Waals surface area contributed by atoms with Crippen LogP contribution in [0.1, 0.15) is 18.1 Å². The summed E-state index contributed by atoms with van der Waals surface area (Å²) in [7, 11) is 0. The third kappa shape index (κ3) is 1.42. The first-order chi connectivity index (χ1) is 7.27. The Kier molecular flexibility index (Phi) is 2.31. The number of nitrogens with zero attached hydrogens (tertiary/aromatic N) is 1. The Bertz CT molecular complexity index is 550. The zero-order valence-corrected chi connectivity index (χ0v) is 8.62. The van der Waals surface area contributed by atoms with Crippen molar-refractivity contribution in [3.63, 3.8) is 0 Å². The van der Waals surface area contributed by atoms with E-state index in [2.05, 4.69) is 6.07 Å². The predicted octanol–water partition coefficient (Wildman–Crippen LogP) is 2.86. The molecule has 2 N–H and O–H groups in total. The lowest BCUT2D eigenvalue weighted by atomic mass is 9.98. The number of rotatable bonds is 1. The van der Waals surface area contributed by atoms with Gasteiger partial charge >= 0.3 is 0 Å². The van der Waals surface area contributed by atoms with Gasteiger partial charge < -0.3 is 5.73 Å². The smallest absolute Gasteiger partial charge is 0.0998 e. The number of hydrogen-bond acceptors (Lipinski definition) is 2. The van der Waals surface area contributed by atoms with Gasteiger partial charge in [-0.05, 0) is 18.1 Å². The lowest BCUT2D eigenvalue weighted by Gasteiger charge is -2.08. The summed E-state index contributed by atoms with van der Waals surface area (Å²) in [5.74, 6) is 0. The van der Waals surface area contributed by atoms with Crippen LogP contribution in [0.15, 0.2) is 30.3 Å². The summed E-state index contributed by atoms with van der Waals surface area (Å²) in [6.45, 7) is 2.04. The highest BCUT2D eigenvalue weighted by Crippen LogP contribution is 2.28. The molecule has 0 aliphatic heterocycles. The molecule has 0 aliphatic rings. The van der Waals surface area contributed by atoms with E-state index >= 15 is 0 Å². The van der Waals surface area contributed by atoms with E-state index in [1.165, 1.54) is 0 Å². The number of nitriles is 1. The first-order valence-electron chi connectivity index (χ1n) is 4.98. The van der Waals surface area contributed by atoms with Crippen molar-refractivity contribution in [1.82, 2.24) is 0 Å². The minimum absolute atomic E-state index is 0.705. The van der Waals surface area contributed by atoms with Crippen LogP contribution in [0.3, 0.4) is 0 Å². The molecule has 0 saturated carbocycles. The summed E-state index contributed by atoms with van der Waals surface area (Å²) >= 11 is 0. The van der Waals surface area contributed by atoms with Crippen molar-refractivity contribution in [2.24, 2.45) is 0 Å². The van der Waals surface area contributed by atoms with Crippen LogP contribution < -0.4 is 5.73 Å². The molecule has 0 radical (unpaired) electrons. The van der Waals surface area contributed by atoms with Crippen LogP contribution in [-0.4, -0.2) is 0 Å². The number of hydrogen-bond donors (Lipinski definition) is 1. The molecule has 0 aliphatic carbocycles. The van der Waals surface area contributed by atoms with Crippen molar-refractivity contribution in [2.75, 3.05) is 5.73 Å². The number of anilines is 1. The standard InChI is InChI=1S/C13H12N2/c1-2-9-7-10(8-14)11-5-3-4-6-12(11)13(9)15/h3-7H,2,15H2,1H3. The summed E-state index contributed by atoms with van der Waals surface area (Å²) in [5.41, 5.74) is 8.59. The fourth-order valence-corrected chi connectivity index (χ4v) is 1.84. The average Bonchev–Trinajstić information content (AvgIpc) is 2.30. The summed E-state index contributed by atoms with van der Waals surface area (Å²) in [5, 5.41) is 11.0. The molecule has 0 fully saturated rings. The maximum atomic E-state index is 9.06. The Labute approximate surface area is 88.9 Å². The van der Waals surface area contributed by atoms with Crippen molar-refractivity contribution in [3.8, 4) is 6.07 Å². The van der Waals surface area contributed by atoms with Gasteiger partial charge in [-0.25, -0.2) is 0 Å². The molecule has 0 heterocycles. The minimum Gasteiger partial charge on any atom is -0.398 e. The number of aryl methyl sites for hydroxylation is 1. The normalized spacial score (nSPS) is 10.1. The summed E-state index contributed by atoms with van der Waals surface area (Å²) in [4.78, 5) is 0. The Morgan fingerprint density at radius 1 is 1.27 bits per heavy atom. The molecule has 2 aromatic rings. The van der Waals surface area contributed by atoms with Gasteiger partial charge in [0, 0.05) is 16.5 Å². The van der Waals surface area contributed by atoms with Crippen molar-refractivity contribution in [1.29, 1.82) is 5.26 Å². The van der Waals surface area contributed by atoms with Crippen LogP contribution in [0.25, 0.3) is 10.8 Å². The minimum atomic E-state index is 0.705. The molecule has 0 amide bonds. The van der Waals surface area contributed by atoms with E-state index in [1.807, 2.05) is 37.3 Å². The van der Waals surface area contributed by atoms with Crippen LogP contribution >= 0.6 is 0 Å². The van der Waals surface area contributed by atoms with E-state index in [9.17, 15) is 0 Å². The molecule has 2 nitrogen and oxygen atoms in total. The van der Waals surface area contributed by atoms with Gasteiger partial charge in [0.15, 0.2) is 0 Å². The topological polar surface area (TPSA) is 49.8 Å². The molecular weight excluding hydrogens is 184 g/mol. The maximum Gasteiger partial charge on any atom is 0.0998 e. The first kappa shape index (κ1) is 9.54. The molecule has 2 rings (SSSR count). The second-order valence-corrected chi connectivity index (χ2v) is 3.51. The van der Waals surface area contributed by atoms with Gasteiger partial charge in [-0.1, -0.05) is 31.2 Å². The highest BCUT2D eigenvalue weighted by Gasteiger charge is 2.07. The van der Waals surface area contributed by atoms with Crippen molar-refractivity contribution in [3.05, 3.63) is 41.5 Å². The molecule has 0 aromatic heterocycles. The summed E-state index contributed by atoms with van der Waals surface area (Å²) in [6.07, 6.45) is 0.853. The van der Waals surface area contributed by atoms with Crippen molar-refractivity contribution in [2.45, 2.75) is 13.3 Å². The second-order valence-electron chi connectivity index (χ2n) is 3.51. The van der Waals surface area contributed by atoms with Crippen LogP contribution in [-0.2, 0) is 6.42 Å². The number of nitrogens with two attached hydrogens (primary N) is 1. The molecule has 0 atom stereocenters. The highest BCUT2D eigenvalue weighted by molar-refractivity contribution is 5.98. The fourth-order valence-electron chi connectivity index (χ4n) is 1.84. The van der Waals surface area contributed by atoms with E-state index in [1.54, 1.807) is 0 Å². The molecule has 74 valence electrons. The Morgan fingerprint density at radius 3 is 2.53 bits per heavy atom. The third-order valence-corrected chi connectivity index (χ3v) is 2.67. The van der Waals surface area contributed by atoms with Crippen LogP contribution in [0, 0.1) is 11.3 Å². The number of benzene rings is 2. The SMILES string of the molecule is CCc1cc(C#N)c2ccccc2c1N. The first-order valence-corrected chi connectivity index (χ1v) is 4.98. The van der Waals surface area contributed by atoms with Crippen LogP contribution in [0.5, 0.6) is 0 Å². The maximum absolute atomic E-state index is 9.06. The van der Waals surface area contributed by atoms with Gasteiger partial charge in [-0.2, -0.15) is 5.26 Å². The Hall–Kier alpha value is -2.01. The molecule has 0 spiro atoms. The zero-order valence-electron chi connectivity index (χ0n) is 8.62. The molecule has 2 heteroatoms. The molecule has 0 unspecified atom stereocenters. The van der Waals surface area contributed by atoms with E-state index in [-0.39, 0.29) is 0 Å². The molecule has 0 saturated heterocycles.